The van der Waals surface area contributed by atoms with E-state index in [1.165, 1.54) is 5.56 Å². The highest BCUT2D eigenvalue weighted by Gasteiger charge is 1.94. The summed E-state index contributed by atoms with van der Waals surface area (Å²) in [6.07, 6.45) is 1.76. The first-order valence-electron chi connectivity index (χ1n) is 4.65. The molecule has 1 rings (SSSR count). The molecule has 0 saturated heterocycles. The van der Waals surface area contributed by atoms with Crippen LogP contribution < -0.4 is 5.32 Å². The van der Waals surface area contributed by atoms with Crippen molar-refractivity contribution in [3.8, 4) is 0 Å². The van der Waals surface area contributed by atoms with E-state index in [1.807, 2.05) is 30.3 Å². The van der Waals surface area contributed by atoms with Crippen LogP contribution in [0.1, 0.15) is 19.4 Å². The molecule has 0 spiro atoms. The van der Waals surface area contributed by atoms with Gasteiger partial charge in [-0.15, -0.1) is 0 Å². The molecular formula is C12H15NO. The molecule has 0 aliphatic heterocycles. The van der Waals surface area contributed by atoms with Gasteiger partial charge in [0.2, 0.25) is 0 Å². The van der Waals surface area contributed by atoms with Gasteiger partial charge in [0.15, 0.2) is 5.78 Å². The molecule has 0 fully saturated rings. The van der Waals surface area contributed by atoms with Crippen molar-refractivity contribution in [1.82, 2.24) is 5.32 Å². The average Bonchev–Trinajstić information content (AvgIpc) is 2.19. The van der Waals surface area contributed by atoms with Crippen LogP contribution in [0.25, 0.3) is 0 Å². The van der Waals surface area contributed by atoms with Gasteiger partial charge in [-0.2, -0.15) is 0 Å². The summed E-state index contributed by atoms with van der Waals surface area (Å²) < 4.78 is 0. The number of allylic oxidation sites excluding steroid dienone is 1. The van der Waals surface area contributed by atoms with E-state index in [0.29, 0.717) is 0 Å². The highest BCUT2D eigenvalue weighted by molar-refractivity contribution is 5.92. The van der Waals surface area contributed by atoms with Crippen LogP contribution in [0.2, 0.25) is 0 Å². The molecule has 0 heterocycles. The van der Waals surface area contributed by atoms with Gasteiger partial charge >= 0.3 is 0 Å². The molecule has 2 nitrogen and oxygen atoms in total. The predicted octanol–water partition coefficient (Wildman–Crippen LogP) is 2.27. The summed E-state index contributed by atoms with van der Waals surface area (Å²) in [5.41, 5.74) is 1.96. The monoisotopic (exact) mass is 189 g/mol. The van der Waals surface area contributed by atoms with Crippen LogP contribution in [0.3, 0.4) is 0 Å². The van der Waals surface area contributed by atoms with Gasteiger partial charge in [0.05, 0.1) is 0 Å². The Bertz CT molecular complexity index is 327. The third-order valence-corrected chi connectivity index (χ3v) is 2.02. The largest absolute Gasteiger partial charge is 0.386 e. The minimum atomic E-state index is 0.102. The summed E-state index contributed by atoms with van der Waals surface area (Å²) in [7, 11) is 0. The Morgan fingerprint density at radius 1 is 1.29 bits per heavy atom. The van der Waals surface area contributed by atoms with E-state index in [1.54, 1.807) is 20.0 Å². The number of benzene rings is 1. The lowest BCUT2D eigenvalue weighted by Gasteiger charge is -2.01. The lowest BCUT2D eigenvalue weighted by molar-refractivity contribution is -0.113. The third kappa shape index (κ3) is 3.44. The number of rotatable bonds is 4. The van der Waals surface area contributed by atoms with E-state index in [-0.39, 0.29) is 5.78 Å². The summed E-state index contributed by atoms with van der Waals surface area (Å²) in [5, 5.41) is 3.10. The summed E-state index contributed by atoms with van der Waals surface area (Å²) in [6, 6.07) is 10.1. The molecule has 0 unspecified atom stereocenters. The molecule has 0 aromatic heterocycles. The molecule has 0 aliphatic carbocycles. The molecule has 0 saturated carbocycles. The quantitative estimate of drug-likeness (QED) is 0.736. The zero-order valence-electron chi connectivity index (χ0n) is 8.58. The molecule has 1 aromatic rings. The van der Waals surface area contributed by atoms with Crippen molar-refractivity contribution in [2.75, 3.05) is 0 Å². The molecular weight excluding hydrogens is 174 g/mol. The van der Waals surface area contributed by atoms with E-state index >= 15 is 0 Å². The van der Waals surface area contributed by atoms with Crippen LogP contribution >= 0.6 is 0 Å². The first-order chi connectivity index (χ1) is 6.70. The van der Waals surface area contributed by atoms with Crippen LogP contribution in [0.5, 0.6) is 0 Å². The smallest absolute Gasteiger partial charge is 0.156 e. The van der Waals surface area contributed by atoms with Crippen molar-refractivity contribution in [3.63, 3.8) is 0 Å². The van der Waals surface area contributed by atoms with Gasteiger partial charge in [-0.1, -0.05) is 30.3 Å². The standard InChI is InChI=1S/C12H15NO/c1-10(11(2)14)8-13-9-12-6-4-3-5-7-12/h3-8,13H,9H2,1-2H3/b10-8+. The fourth-order valence-corrected chi connectivity index (χ4v) is 1.02. The first kappa shape index (κ1) is 10.5. The van der Waals surface area contributed by atoms with Crippen LogP contribution in [0.4, 0.5) is 0 Å². The van der Waals surface area contributed by atoms with Crippen LogP contribution in [0, 0.1) is 0 Å². The third-order valence-electron chi connectivity index (χ3n) is 2.02. The van der Waals surface area contributed by atoms with Gasteiger partial charge in [-0.25, -0.2) is 0 Å². The highest BCUT2D eigenvalue weighted by Crippen LogP contribution is 1.98. The lowest BCUT2D eigenvalue weighted by Crippen LogP contribution is -2.07. The average molecular weight is 189 g/mol. The Morgan fingerprint density at radius 2 is 1.93 bits per heavy atom. The molecule has 2 heteroatoms. The lowest BCUT2D eigenvalue weighted by atomic mass is 10.2. The van der Waals surface area contributed by atoms with Gasteiger partial charge in [0.1, 0.15) is 0 Å². The number of Topliss-reactive ketones (excluding diaryl/α,β-unsaturated/α-hetero) is 1. The summed E-state index contributed by atoms with van der Waals surface area (Å²) >= 11 is 0. The van der Waals surface area contributed by atoms with Crippen molar-refractivity contribution in [3.05, 3.63) is 47.7 Å². The van der Waals surface area contributed by atoms with Crippen molar-refractivity contribution in [1.29, 1.82) is 0 Å². The Balaban J connectivity index is 2.43. The van der Waals surface area contributed by atoms with E-state index in [4.69, 9.17) is 0 Å². The van der Waals surface area contributed by atoms with Gasteiger partial charge in [-0.3, -0.25) is 4.79 Å². The second-order valence-corrected chi connectivity index (χ2v) is 3.25. The summed E-state index contributed by atoms with van der Waals surface area (Å²) in [5.74, 6) is 0.102. The number of nitrogens with one attached hydrogen (secondary N) is 1. The Kier molecular flexibility index (Phi) is 3.92. The molecule has 14 heavy (non-hydrogen) atoms. The molecule has 0 bridgehead atoms. The van der Waals surface area contributed by atoms with Crippen LogP contribution in [0.15, 0.2) is 42.1 Å². The van der Waals surface area contributed by atoms with Crippen molar-refractivity contribution in [2.45, 2.75) is 20.4 Å². The van der Waals surface area contributed by atoms with E-state index in [9.17, 15) is 4.79 Å². The molecule has 0 amide bonds. The minimum Gasteiger partial charge on any atom is -0.386 e. The van der Waals surface area contributed by atoms with E-state index < -0.39 is 0 Å². The van der Waals surface area contributed by atoms with Crippen molar-refractivity contribution in [2.24, 2.45) is 0 Å². The zero-order valence-corrected chi connectivity index (χ0v) is 8.58. The maximum atomic E-state index is 10.9. The predicted molar refractivity (Wildman–Crippen MR) is 57.7 cm³/mol. The first-order valence-corrected chi connectivity index (χ1v) is 4.65. The molecule has 0 atom stereocenters. The second-order valence-electron chi connectivity index (χ2n) is 3.25. The summed E-state index contributed by atoms with van der Waals surface area (Å²) in [4.78, 5) is 10.9. The Morgan fingerprint density at radius 3 is 2.50 bits per heavy atom. The zero-order chi connectivity index (χ0) is 10.4. The number of ketones is 1. The van der Waals surface area contributed by atoms with Crippen molar-refractivity contribution < 1.29 is 4.79 Å². The van der Waals surface area contributed by atoms with Crippen molar-refractivity contribution >= 4 is 5.78 Å². The SMILES string of the molecule is CC(=O)/C(C)=C/NCc1ccccc1. The molecule has 1 aromatic carbocycles. The minimum absolute atomic E-state index is 0.102. The normalized spacial score (nSPS) is 11.1. The van der Waals surface area contributed by atoms with Gasteiger partial charge in [0.25, 0.3) is 0 Å². The number of hydrogen-bond acceptors (Lipinski definition) is 2. The second kappa shape index (κ2) is 5.22. The van der Waals surface area contributed by atoms with Gasteiger partial charge in [-0.05, 0) is 19.4 Å². The van der Waals surface area contributed by atoms with Crippen LogP contribution in [-0.4, -0.2) is 5.78 Å². The topological polar surface area (TPSA) is 29.1 Å². The van der Waals surface area contributed by atoms with E-state index in [0.717, 1.165) is 12.1 Å². The maximum Gasteiger partial charge on any atom is 0.156 e. The maximum absolute atomic E-state index is 10.9. The fraction of sp³-hybridized carbons (Fsp3) is 0.250. The molecule has 74 valence electrons. The Hall–Kier alpha value is -1.57. The van der Waals surface area contributed by atoms with Gasteiger partial charge < -0.3 is 5.32 Å². The van der Waals surface area contributed by atoms with Gasteiger partial charge in [0, 0.05) is 18.3 Å². The molecule has 1 N–H and O–H groups in total. The number of carbonyl (C=O) groups is 1. The van der Waals surface area contributed by atoms with E-state index in [2.05, 4.69) is 5.32 Å². The molecule has 0 radical (unpaired) electrons. The number of hydrogen-bond donors (Lipinski definition) is 1. The van der Waals surface area contributed by atoms with Crippen LogP contribution in [-0.2, 0) is 11.3 Å². The number of carbonyl (C=O) groups excluding carboxylic acids is 1. The fourth-order valence-electron chi connectivity index (χ4n) is 1.02. The highest BCUT2D eigenvalue weighted by atomic mass is 16.1. The Labute approximate surface area is 84.6 Å². The molecule has 0 aliphatic rings. The summed E-state index contributed by atoms with van der Waals surface area (Å²) in [6.45, 7) is 4.13.